The van der Waals surface area contributed by atoms with Crippen molar-refractivity contribution in [2.24, 2.45) is 11.1 Å². The van der Waals surface area contributed by atoms with Gasteiger partial charge in [0.2, 0.25) is 0 Å². The molecule has 2 heterocycles. The molecule has 0 bridgehead atoms. The Labute approximate surface area is 192 Å². The number of hydrogen-bond acceptors (Lipinski definition) is 6. The predicted molar refractivity (Wildman–Crippen MR) is 124 cm³/mol. The molecule has 2 aliphatic rings. The minimum absolute atomic E-state index is 0.00975. The number of nitrogen functional groups attached to an aromatic ring is 1. The summed E-state index contributed by atoms with van der Waals surface area (Å²) in [6, 6.07) is 9.32. The predicted octanol–water partition coefficient (Wildman–Crippen LogP) is 3.81. The van der Waals surface area contributed by atoms with Crippen LogP contribution in [0.4, 0.5) is 5.82 Å². The van der Waals surface area contributed by atoms with Crippen LogP contribution >= 0.6 is 0 Å². The van der Waals surface area contributed by atoms with Gasteiger partial charge in [0.25, 0.3) is 5.91 Å². The number of benzene rings is 1. The number of carbonyl (C=O) groups is 2. The van der Waals surface area contributed by atoms with Gasteiger partial charge in [-0.2, -0.15) is 5.10 Å². The van der Waals surface area contributed by atoms with E-state index in [2.05, 4.69) is 10.3 Å². The van der Waals surface area contributed by atoms with Crippen LogP contribution in [0.25, 0.3) is 11.3 Å². The number of amides is 1. The fourth-order valence-corrected chi connectivity index (χ4v) is 4.94. The molecule has 33 heavy (non-hydrogen) atoms. The Kier molecular flexibility index (Phi) is 5.11. The molecule has 172 valence electrons. The number of hydrogen-bond donors (Lipinski definition) is 2. The van der Waals surface area contributed by atoms with Crippen LogP contribution in [0.3, 0.4) is 0 Å². The molecular weight excluding hydrogens is 418 g/mol. The van der Waals surface area contributed by atoms with Crippen molar-refractivity contribution in [1.82, 2.24) is 14.9 Å². The third-order valence-electron chi connectivity index (χ3n) is 6.99. The topological polar surface area (TPSA) is 130 Å². The highest BCUT2D eigenvalue weighted by molar-refractivity contribution is 6.03. The molecule has 2 aliphatic carbocycles. The van der Waals surface area contributed by atoms with E-state index < -0.39 is 5.91 Å². The molecule has 2 fully saturated rings. The van der Waals surface area contributed by atoms with Gasteiger partial charge in [0, 0.05) is 30.0 Å². The molecule has 0 atom stereocenters. The number of primary amides is 1. The lowest BCUT2D eigenvalue weighted by Crippen LogP contribution is -2.23. The lowest BCUT2D eigenvalue weighted by atomic mass is 9.70. The highest BCUT2D eigenvalue weighted by atomic mass is 16.5. The lowest BCUT2D eigenvalue weighted by molar-refractivity contribution is -0.118. The summed E-state index contributed by atoms with van der Waals surface area (Å²) >= 11 is 0. The van der Waals surface area contributed by atoms with Crippen molar-refractivity contribution in [3.05, 3.63) is 52.9 Å². The van der Waals surface area contributed by atoms with Crippen LogP contribution in [-0.4, -0.2) is 26.6 Å². The molecule has 2 aromatic heterocycles. The van der Waals surface area contributed by atoms with Gasteiger partial charge in [-0.3, -0.25) is 9.59 Å². The number of ketones is 1. The lowest BCUT2D eigenvalue weighted by Gasteiger charge is -2.34. The monoisotopic (exact) mass is 447 g/mol. The molecule has 2 saturated carbocycles. The minimum Gasteiger partial charge on any atom is -0.383 e. The van der Waals surface area contributed by atoms with Crippen LogP contribution in [0, 0.1) is 5.41 Å². The molecule has 5 rings (SSSR count). The summed E-state index contributed by atoms with van der Waals surface area (Å²) in [5.41, 5.74) is 15.5. The largest absolute Gasteiger partial charge is 0.383 e. The van der Waals surface area contributed by atoms with Crippen molar-refractivity contribution in [2.75, 3.05) is 5.73 Å². The van der Waals surface area contributed by atoms with Gasteiger partial charge in [-0.15, -0.1) is 0 Å². The number of Topliss-reactive ketones (excluding diaryl/α,β-unsaturated/α-hetero) is 1. The van der Waals surface area contributed by atoms with E-state index in [0.717, 1.165) is 16.8 Å². The van der Waals surface area contributed by atoms with Gasteiger partial charge >= 0.3 is 0 Å². The van der Waals surface area contributed by atoms with E-state index >= 15 is 0 Å². The zero-order chi connectivity index (χ0) is 23.3. The number of nitrogens with zero attached hydrogens (tertiary/aromatic N) is 3. The van der Waals surface area contributed by atoms with Crippen LogP contribution in [0.1, 0.15) is 78.9 Å². The summed E-state index contributed by atoms with van der Waals surface area (Å²) in [6.45, 7) is 3.86. The molecule has 8 heteroatoms. The second-order valence-corrected chi connectivity index (χ2v) is 9.92. The van der Waals surface area contributed by atoms with Gasteiger partial charge in [-0.25, -0.2) is 4.68 Å². The molecule has 0 saturated heterocycles. The summed E-state index contributed by atoms with van der Waals surface area (Å²) in [5.74, 6) is 0.820. The standard InChI is InChI=1S/C25H29N5O3/c1-14(2)30-23(26)21(24(27)32)22(28-30)16-5-3-15(4-6-16)9-18(31)10-19-11-20(29-33-19)17-12-25(13-17)7-8-25/h3-6,11,14,17H,7-10,12-13,26H2,1-2H3,(H2,27,32). The van der Waals surface area contributed by atoms with Gasteiger partial charge < -0.3 is 16.0 Å². The van der Waals surface area contributed by atoms with E-state index in [-0.39, 0.29) is 36.0 Å². The van der Waals surface area contributed by atoms with E-state index in [1.807, 2.05) is 44.2 Å². The Morgan fingerprint density at radius 3 is 2.48 bits per heavy atom. The van der Waals surface area contributed by atoms with Crippen LogP contribution in [0.5, 0.6) is 0 Å². The van der Waals surface area contributed by atoms with E-state index in [0.29, 0.717) is 22.8 Å². The average molecular weight is 448 g/mol. The molecule has 8 nitrogen and oxygen atoms in total. The zero-order valence-corrected chi connectivity index (χ0v) is 19.0. The first kappa shape index (κ1) is 21.4. The summed E-state index contributed by atoms with van der Waals surface area (Å²) in [6.07, 6.45) is 5.63. The third kappa shape index (κ3) is 4.05. The Bertz CT molecular complexity index is 1210. The maximum absolute atomic E-state index is 12.6. The van der Waals surface area contributed by atoms with Crippen LogP contribution in [0.2, 0.25) is 0 Å². The van der Waals surface area contributed by atoms with Gasteiger partial charge in [0.05, 0.1) is 12.1 Å². The van der Waals surface area contributed by atoms with Gasteiger partial charge in [-0.1, -0.05) is 29.4 Å². The molecule has 1 aromatic carbocycles. The van der Waals surface area contributed by atoms with Crippen molar-refractivity contribution in [3.8, 4) is 11.3 Å². The first-order valence-corrected chi connectivity index (χ1v) is 11.5. The molecule has 0 unspecified atom stereocenters. The van der Waals surface area contributed by atoms with Crippen molar-refractivity contribution in [1.29, 1.82) is 0 Å². The quantitative estimate of drug-likeness (QED) is 0.540. The number of aromatic nitrogens is 3. The SMILES string of the molecule is CC(C)n1nc(-c2ccc(CC(=O)Cc3cc(C4CC5(CC5)C4)no3)cc2)c(C(N)=O)c1N. The van der Waals surface area contributed by atoms with Crippen molar-refractivity contribution >= 4 is 17.5 Å². The molecule has 4 N–H and O–H groups in total. The number of rotatable bonds is 8. The Morgan fingerprint density at radius 1 is 1.18 bits per heavy atom. The number of carbonyl (C=O) groups excluding carboxylic acids is 2. The first-order valence-electron chi connectivity index (χ1n) is 11.5. The summed E-state index contributed by atoms with van der Waals surface area (Å²) in [5, 5.41) is 8.69. The smallest absolute Gasteiger partial charge is 0.254 e. The highest BCUT2D eigenvalue weighted by Gasteiger charge is 2.53. The second kappa shape index (κ2) is 7.86. The third-order valence-corrected chi connectivity index (χ3v) is 6.99. The Hall–Kier alpha value is -3.42. The molecule has 1 spiro atoms. The zero-order valence-electron chi connectivity index (χ0n) is 19.0. The van der Waals surface area contributed by atoms with Crippen molar-refractivity contribution in [2.45, 2.75) is 64.3 Å². The fourth-order valence-electron chi connectivity index (χ4n) is 4.94. The minimum atomic E-state index is -0.616. The molecule has 0 aliphatic heterocycles. The van der Waals surface area contributed by atoms with Crippen LogP contribution < -0.4 is 11.5 Å². The molecule has 0 radical (unpaired) electrons. The van der Waals surface area contributed by atoms with Crippen molar-refractivity contribution < 1.29 is 14.1 Å². The van der Waals surface area contributed by atoms with E-state index in [1.54, 1.807) is 4.68 Å². The molecule has 1 amide bonds. The van der Waals surface area contributed by atoms with Crippen LogP contribution in [0.15, 0.2) is 34.9 Å². The fraction of sp³-hybridized carbons (Fsp3) is 0.440. The first-order chi connectivity index (χ1) is 15.7. The van der Waals surface area contributed by atoms with Gasteiger partial charge in [-0.05, 0) is 50.5 Å². The Morgan fingerprint density at radius 2 is 1.88 bits per heavy atom. The number of nitrogens with two attached hydrogens (primary N) is 2. The normalized spacial score (nSPS) is 16.8. The number of anilines is 1. The average Bonchev–Trinajstić information content (AvgIpc) is 3.29. The molecule has 3 aromatic rings. The summed E-state index contributed by atoms with van der Waals surface area (Å²) in [4.78, 5) is 24.6. The van der Waals surface area contributed by atoms with E-state index in [4.69, 9.17) is 16.0 Å². The maximum Gasteiger partial charge on any atom is 0.254 e. The highest BCUT2D eigenvalue weighted by Crippen LogP contribution is 2.66. The summed E-state index contributed by atoms with van der Waals surface area (Å²) in [7, 11) is 0. The summed E-state index contributed by atoms with van der Waals surface area (Å²) < 4.78 is 7.02. The molecular formula is C25H29N5O3. The second-order valence-electron chi connectivity index (χ2n) is 9.92. The van der Waals surface area contributed by atoms with Gasteiger partial charge in [0.1, 0.15) is 28.6 Å². The van der Waals surface area contributed by atoms with E-state index in [9.17, 15) is 9.59 Å². The van der Waals surface area contributed by atoms with E-state index in [1.165, 1.54) is 25.7 Å². The maximum atomic E-state index is 12.6. The van der Waals surface area contributed by atoms with Gasteiger partial charge in [0.15, 0.2) is 0 Å². The Balaban J connectivity index is 1.24. The van der Waals surface area contributed by atoms with Crippen molar-refractivity contribution in [3.63, 3.8) is 0 Å². The van der Waals surface area contributed by atoms with Crippen LogP contribution in [-0.2, 0) is 17.6 Å².